The summed E-state index contributed by atoms with van der Waals surface area (Å²) in [5.74, 6) is 0.295. The molecule has 0 aromatic rings. The van der Waals surface area contributed by atoms with Crippen LogP contribution in [0.2, 0.25) is 0 Å². The van der Waals surface area contributed by atoms with E-state index in [9.17, 15) is 4.79 Å². The molecule has 2 aliphatic rings. The maximum absolute atomic E-state index is 12.7. The van der Waals surface area contributed by atoms with E-state index in [1.54, 1.807) is 0 Å². The molecule has 2 rings (SSSR count). The molecule has 1 saturated carbocycles. The molecule has 1 aliphatic carbocycles. The van der Waals surface area contributed by atoms with Crippen molar-refractivity contribution in [2.75, 3.05) is 13.1 Å². The van der Waals surface area contributed by atoms with Crippen LogP contribution in [0.1, 0.15) is 46.5 Å². The van der Waals surface area contributed by atoms with Crippen LogP contribution in [-0.4, -0.2) is 41.5 Å². The highest BCUT2D eigenvalue weighted by molar-refractivity contribution is 5.80. The minimum Gasteiger partial charge on any atom is -0.339 e. The number of carbonyl (C=O) groups is 1. The van der Waals surface area contributed by atoms with E-state index < -0.39 is 0 Å². The van der Waals surface area contributed by atoms with E-state index in [4.69, 9.17) is 5.73 Å². The van der Waals surface area contributed by atoms with Crippen LogP contribution in [0.4, 0.5) is 0 Å². The summed E-state index contributed by atoms with van der Waals surface area (Å²) in [6, 6.07) is 0.760. The lowest BCUT2D eigenvalue weighted by atomic mass is 9.74. The molecule has 1 aliphatic heterocycles. The number of rotatable bonds is 1. The number of nitrogens with one attached hydrogen (secondary N) is 1. The van der Waals surface area contributed by atoms with Crippen molar-refractivity contribution in [2.45, 2.75) is 64.1 Å². The van der Waals surface area contributed by atoms with Crippen LogP contribution in [0.5, 0.6) is 0 Å². The Morgan fingerprint density at radius 1 is 1.28 bits per heavy atom. The highest BCUT2D eigenvalue weighted by atomic mass is 16.2. The Kier molecular flexibility index (Phi) is 3.97. The summed E-state index contributed by atoms with van der Waals surface area (Å²) >= 11 is 0. The summed E-state index contributed by atoms with van der Waals surface area (Å²) in [4.78, 5) is 14.7. The Bertz CT molecular complexity index is 306. The lowest BCUT2D eigenvalue weighted by molar-refractivity contribution is -0.140. The summed E-state index contributed by atoms with van der Waals surface area (Å²) < 4.78 is 0. The number of piperazine rings is 1. The van der Waals surface area contributed by atoms with Gasteiger partial charge in [-0.1, -0.05) is 12.8 Å². The van der Waals surface area contributed by atoms with Crippen molar-refractivity contribution in [1.82, 2.24) is 10.2 Å². The van der Waals surface area contributed by atoms with Crippen molar-refractivity contribution in [3.05, 3.63) is 0 Å². The highest BCUT2D eigenvalue weighted by Crippen LogP contribution is 2.33. The Morgan fingerprint density at radius 3 is 2.44 bits per heavy atom. The van der Waals surface area contributed by atoms with Crippen molar-refractivity contribution >= 4 is 5.91 Å². The van der Waals surface area contributed by atoms with Crippen molar-refractivity contribution in [1.29, 1.82) is 0 Å². The number of nitrogens with two attached hydrogens (primary N) is 1. The summed E-state index contributed by atoms with van der Waals surface area (Å²) in [5.41, 5.74) is 6.02. The molecule has 1 amide bonds. The Labute approximate surface area is 110 Å². The zero-order valence-corrected chi connectivity index (χ0v) is 11.9. The molecule has 18 heavy (non-hydrogen) atoms. The Morgan fingerprint density at radius 2 is 1.89 bits per heavy atom. The Hall–Kier alpha value is -0.610. The first-order valence-corrected chi connectivity index (χ1v) is 7.24. The number of amides is 1. The maximum Gasteiger partial charge on any atom is 0.227 e. The van der Waals surface area contributed by atoms with Crippen molar-refractivity contribution < 1.29 is 4.79 Å². The average molecular weight is 253 g/mol. The predicted octanol–water partition coefficient (Wildman–Crippen LogP) is 1.10. The van der Waals surface area contributed by atoms with Crippen LogP contribution >= 0.6 is 0 Å². The first kappa shape index (κ1) is 13.8. The average Bonchev–Trinajstić information content (AvgIpc) is 2.26. The minimum atomic E-state index is -0.313. The summed E-state index contributed by atoms with van der Waals surface area (Å²) in [5, 5.41) is 3.46. The van der Waals surface area contributed by atoms with Gasteiger partial charge in [-0.15, -0.1) is 0 Å². The molecule has 1 saturated heterocycles. The minimum absolute atomic E-state index is 0.0174. The second-order valence-electron chi connectivity index (χ2n) is 6.52. The molecular formula is C14H27N3O. The molecule has 1 heterocycles. The van der Waals surface area contributed by atoms with E-state index in [1.807, 2.05) is 11.8 Å². The first-order valence-electron chi connectivity index (χ1n) is 7.24. The summed E-state index contributed by atoms with van der Waals surface area (Å²) in [6.45, 7) is 7.95. The normalized spacial score (nSPS) is 41.8. The van der Waals surface area contributed by atoms with Crippen LogP contribution < -0.4 is 11.1 Å². The van der Waals surface area contributed by atoms with Gasteiger partial charge in [-0.05, 0) is 33.6 Å². The van der Waals surface area contributed by atoms with Gasteiger partial charge in [0.2, 0.25) is 5.91 Å². The molecular weight excluding hydrogens is 226 g/mol. The monoisotopic (exact) mass is 253 g/mol. The second-order valence-corrected chi connectivity index (χ2v) is 6.52. The Balaban J connectivity index is 2.05. The molecule has 3 N–H and O–H groups in total. The van der Waals surface area contributed by atoms with E-state index in [2.05, 4.69) is 19.2 Å². The number of nitrogens with zero attached hydrogens (tertiary/aromatic N) is 1. The molecule has 0 aromatic heterocycles. The fraction of sp³-hybridized carbons (Fsp3) is 0.929. The zero-order chi connectivity index (χ0) is 13.3. The topological polar surface area (TPSA) is 58.4 Å². The third-order valence-corrected chi connectivity index (χ3v) is 4.42. The van der Waals surface area contributed by atoms with E-state index in [-0.39, 0.29) is 17.4 Å². The third-order valence-electron chi connectivity index (χ3n) is 4.42. The largest absolute Gasteiger partial charge is 0.339 e. The molecule has 4 heteroatoms. The lowest BCUT2D eigenvalue weighted by Gasteiger charge is -2.43. The molecule has 4 atom stereocenters. The van der Waals surface area contributed by atoms with E-state index in [0.29, 0.717) is 12.1 Å². The van der Waals surface area contributed by atoms with E-state index in [1.165, 1.54) is 0 Å². The van der Waals surface area contributed by atoms with Gasteiger partial charge >= 0.3 is 0 Å². The smallest absolute Gasteiger partial charge is 0.227 e. The first-order chi connectivity index (χ1) is 8.40. The van der Waals surface area contributed by atoms with Crippen LogP contribution in [0, 0.1) is 5.92 Å². The van der Waals surface area contributed by atoms with Gasteiger partial charge in [0.05, 0.1) is 5.92 Å². The van der Waals surface area contributed by atoms with Crippen LogP contribution in [0.25, 0.3) is 0 Å². The van der Waals surface area contributed by atoms with Crippen molar-refractivity contribution in [2.24, 2.45) is 11.7 Å². The third kappa shape index (κ3) is 2.86. The number of hydrogen-bond acceptors (Lipinski definition) is 3. The molecule has 4 nitrogen and oxygen atoms in total. The van der Waals surface area contributed by atoms with Gasteiger partial charge in [0.25, 0.3) is 0 Å². The van der Waals surface area contributed by atoms with Gasteiger partial charge in [0, 0.05) is 30.7 Å². The van der Waals surface area contributed by atoms with Gasteiger partial charge < -0.3 is 16.0 Å². The maximum atomic E-state index is 12.7. The predicted molar refractivity (Wildman–Crippen MR) is 73.2 cm³/mol. The number of hydrogen-bond donors (Lipinski definition) is 2. The van der Waals surface area contributed by atoms with Crippen molar-refractivity contribution in [3.63, 3.8) is 0 Å². The van der Waals surface area contributed by atoms with E-state index >= 15 is 0 Å². The fourth-order valence-corrected chi connectivity index (χ4v) is 3.49. The van der Waals surface area contributed by atoms with Crippen LogP contribution in [0.15, 0.2) is 0 Å². The quantitative estimate of drug-likeness (QED) is 0.736. The molecule has 0 radical (unpaired) electrons. The van der Waals surface area contributed by atoms with Gasteiger partial charge in [-0.3, -0.25) is 4.79 Å². The summed E-state index contributed by atoms with van der Waals surface area (Å²) in [7, 11) is 0. The van der Waals surface area contributed by atoms with Crippen LogP contribution in [0.3, 0.4) is 0 Å². The van der Waals surface area contributed by atoms with E-state index in [0.717, 1.165) is 38.8 Å². The molecule has 0 aromatic carbocycles. The number of carbonyl (C=O) groups excluding carboxylic acids is 1. The van der Waals surface area contributed by atoms with Crippen molar-refractivity contribution in [3.8, 4) is 0 Å². The lowest BCUT2D eigenvalue weighted by Crippen LogP contribution is -2.60. The SMILES string of the molecule is CC1CN(C(=O)C2CCCCC2(C)N)CC(C)N1. The molecule has 0 spiro atoms. The van der Waals surface area contributed by atoms with Crippen LogP contribution in [-0.2, 0) is 4.79 Å². The second kappa shape index (κ2) is 5.17. The molecule has 0 bridgehead atoms. The molecule has 4 unspecified atom stereocenters. The summed E-state index contributed by atoms with van der Waals surface area (Å²) in [6.07, 6.45) is 4.23. The molecule has 2 fully saturated rings. The highest BCUT2D eigenvalue weighted by Gasteiger charge is 2.40. The van der Waals surface area contributed by atoms with Gasteiger partial charge in [-0.2, -0.15) is 0 Å². The van der Waals surface area contributed by atoms with Gasteiger partial charge in [0.1, 0.15) is 0 Å². The van der Waals surface area contributed by atoms with Gasteiger partial charge in [0.15, 0.2) is 0 Å². The molecule has 104 valence electrons. The standard InChI is InChI=1S/C14H27N3O/c1-10-8-17(9-11(2)16-10)13(18)12-6-4-5-7-14(12,3)15/h10-12,16H,4-9,15H2,1-3H3. The fourth-order valence-electron chi connectivity index (χ4n) is 3.49. The zero-order valence-electron chi connectivity index (χ0n) is 11.9. The van der Waals surface area contributed by atoms with Gasteiger partial charge in [-0.25, -0.2) is 0 Å².